The van der Waals surface area contributed by atoms with Crippen molar-refractivity contribution in [2.24, 2.45) is 0 Å². The average molecular weight is 439 g/mol. The number of fused-ring (bicyclic) bond motifs is 1. The van der Waals surface area contributed by atoms with Gasteiger partial charge in [0, 0.05) is 24.8 Å². The summed E-state index contributed by atoms with van der Waals surface area (Å²) in [7, 11) is 0. The molecule has 0 spiro atoms. The van der Waals surface area contributed by atoms with E-state index in [0.29, 0.717) is 6.54 Å². The highest BCUT2D eigenvalue weighted by atomic mass is 32.2. The number of aryl methyl sites for hydroxylation is 1. The number of nitrogens with one attached hydrogen (secondary N) is 1. The number of carbonyl (C=O) groups is 4. The molecule has 0 aromatic carbocycles. The number of rotatable bonds is 7. The Kier molecular flexibility index (Phi) is 5.78. The smallest absolute Gasteiger partial charge is 0.352 e. The van der Waals surface area contributed by atoms with Crippen LogP contribution in [0.2, 0.25) is 0 Å². The highest BCUT2D eigenvalue weighted by Crippen LogP contribution is 2.40. The molecule has 14 heteroatoms. The van der Waals surface area contributed by atoms with Crippen LogP contribution in [0.5, 0.6) is 0 Å². The second-order valence-corrected chi connectivity index (χ2v) is 7.48. The number of aliphatic carboxylic acids is 1. The van der Waals surface area contributed by atoms with Crippen molar-refractivity contribution < 1.29 is 33.9 Å². The van der Waals surface area contributed by atoms with Crippen molar-refractivity contribution in [3.05, 3.63) is 33.3 Å². The Hall–Kier alpha value is -3.42. The van der Waals surface area contributed by atoms with Crippen LogP contribution in [0.1, 0.15) is 24.3 Å². The first-order valence-electron chi connectivity index (χ1n) is 8.71. The van der Waals surface area contributed by atoms with Gasteiger partial charge in [0.05, 0.1) is 4.92 Å². The number of thioether (sulfide) groups is 1. The first-order valence-corrected chi connectivity index (χ1v) is 9.76. The number of nitrogens with zero attached hydrogens (tertiary/aromatic N) is 4. The molecule has 2 atom stereocenters. The van der Waals surface area contributed by atoms with Crippen molar-refractivity contribution >= 4 is 41.2 Å². The van der Waals surface area contributed by atoms with Crippen LogP contribution in [0.15, 0.2) is 17.5 Å². The van der Waals surface area contributed by atoms with Crippen LogP contribution in [-0.2, 0) is 25.7 Å². The number of hydrogen-bond donors (Lipinski definition) is 2. The van der Waals surface area contributed by atoms with Crippen molar-refractivity contribution in [1.82, 2.24) is 20.0 Å². The first kappa shape index (κ1) is 21.3. The van der Waals surface area contributed by atoms with Gasteiger partial charge in [-0.15, -0.1) is 11.8 Å². The summed E-state index contributed by atoms with van der Waals surface area (Å²) in [5, 5.41) is 26.2. The quantitative estimate of drug-likeness (QED) is 0.249. The van der Waals surface area contributed by atoms with E-state index >= 15 is 0 Å². The van der Waals surface area contributed by atoms with E-state index in [1.54, 1.807) is 6.92 Å². The fourth-order valence-electron chi connectivity index (χ4n) is 3.06. The average Bonchev–Trinajstić information content (AvgIpc) is 3.14. The van der Waals surface area contributed by atoms with Gasteiger partial charge in [-0.1, -0.05) is 0 Å². The number of carboxylic acids is 1. The van der Waals surface area contributed by atoms with Gasteiger partial charge in [-0.05, 0) is 6.92 Å². The van der Waals surface area contributed by atoms with Crippen molar-refractivity contribution in [2.75, 3.05) is 12.4 Å². The minimum atomic E-state index is -1.36. The third-order valence-corrected chi connectivity index (χ3v) is 5.80. The van der Waals surface area contributed by atoms with Crippen LogP contribution in [0.25, 0.3) is 0 Å². The molecule has 1 aromatic rings. The topological polar surface area (TPSA) is 174 Å². The molecule has 0 unspecified atom stereocenters. The molecule has 1 aromatic heterocycles. The van der Waals surface area contributed by atoms with E-state index in [1.807, 2.05) is 0 Å². The van der Waals surface area contributed by atoms with E-state index < -0.39 is 51.5 Å². The Morgan fingerprint density at radius 1 is 1.47 bits per heavy atom. The van der Waals surface area contributed by atoms with Gasteiger partial charge in [-0.25, -0.2) is 4.79 Å². The van der Waals surface area contributed by atoms with Gasteiger partial charge in [-0.3, -0.25) is 34.1 Å². The van der Waals surface area contributed by atoms with Gasteiger partial charge in [0.25, 0.3) is 11.8 Å². The third kappa shape index (κ3) is 3.72. The van der Waals surface area contributed by atoms with Crippen molar-refractivity contribution in [2.45, 2.75) is 31.8 Å². The minimum Gasteiger partial charge on any atom is -0.477 e. The number of carbonyl (C=O) groups excluding carboxylic acids is 3. The molecule has 13 nitrogen and oxygen atoms in total. The molecule has 30 heavy (non-hydrogen) atoms. The lowest BCUT2D eigenvalue weighted by Gasteiger charge is -2.49. The summed E-state index contributed by atoms with van der Waals surface area (Å²) in [6.45, 7) is 2.91. The summed E-state index contributed by atoms with van der Waals surface area (Å²) in [6.07, 6.45) is 1.12. The number of aromatic nitrogens is 2. The maximum Gasteiger partial charge on any atom is 0.352 e. The van der Waals surface area contributed by atoms with E-state index in [1.165, 1.54) is 23.4 Å². The van der Waals surface area contributed by atoms with Gasteiger partial charge in [0.15, 0.2) is 0 Å². The van der Waals surface area contributed by atoms with Gasteiger partial charge in [-0.2, -0.15) is 5.10 Å². The Bertz CT molecular complexity index is 986. The number of ether oxygens (including phenoxy) is 1. The molecule has 0 saturated carbocycles. The molecule has 160 valence electrons. The Labute approximate surface area is 173 Å². The van der Waals surface area contributed by atoms with E-state index in [2.05, 4.69) is 10.4 Å². The number of nitro groups is 1. The summed E-state index contributed by atoms with van der Waals surface area (Å²) in [5.41, 5.74) is -0.964. The van der Waals surface area contributed by atoms with E-state index in [0.717, 1.165) is 11.1 Å². The molecule has 2 N–H and O–H groups in total. The molecule has 3 heterocycles. The van der Waals surface area contributed by atoms with Gasteiger partial charge in [0.1, 0.15) is 29.9 Å². The summed E-state index contributed by atoms with van der Waals surface area (Å²) < 4.78 is 6.07. The second kappa shape index (κ2) is 8.14. The predicted molar refractivity (Wildman–Crippen MR) is 100 cm³/mol. The molecule has 2 amide bonds. The summed E-state index contributed by atoms with van der Waals surface area (Å²) in [4.78, 5) is 59.2. The summed E-state index contributed by atoms with van der Waals surface area (Å²) >= 11 is 1.18. The minimum absolute atomic E-state index is 0.167. The third-order valence-electron chi connectivity index (χ3n) is 4.46. The molecular formula is C16H17N5O8S. The van der Waals surface area contributed by atoms with Crippen LogP contribution >= 0.6 is 11.8 Å². The Morgan fingerprint density at radius 3 is 2.73 bits per heavy atom. The fourth-order valence-corrected chi connectivity index (χ4v) is 4.39. The van der Waals surface area contributed by atoms with Crippen molar-refractivity contribution in [3.63, 3.8) is 0 Å². The lowest BCUT2D eigenvalue weighted by Crippen LogP contribution is -2.70. The number of carboxylic acid groups (broad SMARTS) is 1. The highest BCUT2D eigenvalue weighted by Gasteiger charge is 2.54. The zero-order valence-corrected chi connectivity index (χ0v) is 16.7. The maximum atomic E-state index is 12.6. The molecule has 0 radical (unpaired) electrons. The standard InChI is InChI=1S/C16H17N5O8S/c1-3-19-4-9(21(27)28)10(18-19)13(23)17-11-14(24)20-12(16(25)26)8(5-29-7(2)22)6-30-15(11)20/h4,11,15H,3,5-6H2,1-2H3,(H,17,23)(H,25,26)/t11-,15+/m0/s1. The van der Waals surface area contributed by atoms with Crippen LogP contribution < -0.4 is 5.32 Å². The molecule has 3 rings (SSSR count). The largest absolute Gasteiger partial charge is 0.477 e. The maximum absolute atomic E-state index is 12.6. The van der Waals surface area contributed by atoms with Crippen molar-refractivity contribution in [1.29, 1.82) is 0 Å². The van der Waals surface area contributed by atoms with Gasteiger partial charge >= 0.3 is 17.6 Å². The van der Waals surface area contributed by atoms with Gasteiger partial charge in [0.2, 0.25) is 5.69 Å². The SMILES string of the molecule is CCn1cc([N+](=O)[O-])c(C(=O)N[C@H]2C(=O)N3C(C(=O)O)=C(COC(C)=O)CS[C@H]23)n1. The Balaban J connectivity index is 1.79. The molecule has 2 aliphatic heterocycles. The second-order valence-electron chi connectivity index (χ2n) is 6.37. The lowest BCUT2D eigenvalue weighted by molar-refractivity contribution is -0.385. The number of amides is 2. The van der Waals surface area contributed by atoms with Crippen LogP contribution in [0, 0.1) is 10.1 Å². The van der Waals surface area contributed by atoms with E-state index in [4.69, 9.17) is 4.74 Å². The highest BCUT2D eigenvalue weighted by molar-refractivity contribution is 8.00. The van der Waals surface area contributed by atoms with Crippen LogP contribution in [0.3, 0.4) is 0 Å². The fraction of sp³-hybridized carbons (Fsp3) is 0.438. The monoisotopic (exact) mass is 439 g/mol. The molecule has 0 bridgehead atoms. The predicted octanol–water partition coefficient (Wildman–Crippen LogP) is -0.273. The number of β-lactam (4-membered cyclic amide) rings is 1. The van der Waals surface area contributed by atoms with Crippen molar-refractivity contribution in [3.8, 4) is 0 Å². The molecule has 1 saturated heterocycles. The molecule has 2 aliphatic rings. The summed E-state index contributed by atoms with van der Waals surface area (Å²) in [6, 6.07) is -1.07. The lowest BCUT2D eigenvalue weighted by atomic mass is 10.0. The van der Waals surface area contributed by atoms with E-state index in [-0.39, 0.29) is 23.6 Å². The van der Waals surface area contributed by atoms with Crippen LogP contribution in [-0.4, -0.2) is 72.2 Å². The summed E-state index contributed by atoms with van der Waals surface area (Å²) in [5.74, 6) is -3.37. The number of esters is 1. The van der Waals surface area contributed by atoms with E-state index in [9.17, 15) is 34.4 Å². The molecular weight excluding hydrogens is 422 g/mol. The normalized spacial score (nSPS) is 20.3. The zero-order chi connectivity index (χ0) is 22.2. The Morgan fingerprint density at radius 2 is 2.17 bits per heavy atom. The molecule has 0 aliphatic carbocycles. The zero-order valence-electron chi connectivity index (χ0n) is 15.9. The van der Waals surface area contributed by atoms with Crippen LogP contribution in [0.4, 0.5) is 5.69 Å². The number of hydrogen-bond acceptors (Lipinski definition) is 9. The first-order chi connectivity index (χ1) is 14.1. The van der Waals surface area contributed by atoms with Gasteiger partial charge < -0.3 is 15.2 Å². The molecule has 1 fully saturated rings.